The fourth-order valence-electron chi connectivity index (χ4n) is 2.73. The second kappa shape index (κ2) is 5.28. The zero-order chi connectivity index (χ0) is 13.4. The van der Waals surface area contributed by atoms with E-state index < -0.39 is 0 Å². The summed E-state index contributed by atoms with van der Waals surface area (Å²) in [5, 5.41) is 0.551. The molecule has 0 N–H and O–H groups in total. The van der Waals surface area contributed by atoms with Crippen LogP contribution < -0.4 is 4.74 Å². The standard InChI is InChI=1S/C15H21ClN2O/c1-9-5-3-4-6-12(9)19-15-10(2)13(16)17-14(18-15)11-7-8-11/h9,11-12H,3-8H2,1-2H3. The van der Waals surface area contributed by atoms with Crippen LogP contribution in [-0.4, -0.2) is 16.1 Å². The molecule has 1 aromatic heterocycles. The molecule has 2 aliphatic carbocycles. The summed E-state index contributed by atoms with van der Waals surface area (Å²) in [5.41, 5.74) is 0.879. The molecule has 2 saturated carbocycles. The van der Waals surface area contributed by atoms with E-state index in [0.717, 1.165) is 17.8 Å². The largest absolute Gasteiger partial charge is 0.474 e. The summed E-state index contributed by atoms with van der Waals surface area (Å²) in [6.07, 6.45) is 7.58. The summed E-state index contributed by atoms with van der Waals surface area (Å²) in [6.45, 7) is 4.21. The third kappa shape index (κ3) is 2.86. The first-order valence-corrected chi connectivity index (χ1v) is 7.73. The van der Waals surface area contributed by atoms with E-state index in [2.05, 4.69) is 16.9 Å². The second-order valence-corrected chi connectivity index (χ2v) is 6.35. The van der Waals surface area contributed by atoms with Crippen molar-refractivity contribution in [2.45, 2.75) is 64.4 Å². The quantitative estimate of drug-likeness (QED) is 0.776. The highest BCUT2D eigenvalue weighted by Crippen LogP contribution is 2.40. The molecule has 0 spiro atoms. The van der Waals surface area contributed by atoms with Gasteiger partial charge in [0.05, 0.1) is 0 Å². The maximum atomic E-state index is 6.21. The molecule has 4 heteroatoms. The minimum Gasteiger partial charge on any atom is -0.474 e. The van der Waals surface area contributed by atoms with Gasteiger partial charge < -0.3 is 4.74 Å². The second-order valence-electron chi connectivity index (χ2n) is 6.00. The molecule has 0 amide bonds. The van der Waals surface area contributed by atoms with Gasteiger partial charge in [-0.2, -0.15) is 4.98 Å². The normalized spacial score (nSPS) is 27.3. The highest BCUT2D eigenvalue weighted by atomic mass is 35.5. The minimum atomic E-state index is 0.283. The summed E-state index contributed by atoms with van der Waals surface area (Å²) < 4.78 is 6.16. The van der Waals surface area contributed by atoms with Crippen LogP contribution in [0.4, 0.5) is 0 Å². The average Bonchev–Trinajstić information content (AvgIpc) is 3.21. The van der Waals surface area contributed by atoms with Crippen LogP contribution in [-0.2, 0) is 0 Å². The van der Waals surface area contributed by atoms with Crippen LogP contribution in [0.25, 0.3) is 0 Å². The third-order valence-electron chi connectivity index (χ3n) is 4.30. The molecule has 0 aromatic carbocycles. The number of nitrogens with zero attached hydrogens (tertiary/aromatic N) is 2. The maximum Gasteiger partial charge on any atom is 0.221 e. The molecule has 1 heterocycles. The Balaban J connectivity index is 1.82. The number of rotatable bonds is 3. The highest BCUT2D eigenvalue weighted by Gasteiger charge is 2.30. The number of halogens is 1. The van der Waals surface area contributed by atoms with Crippen LogP contribution in [0, 0.1) is 12.8 Å². The van der Waals surface area contributed by atoms with E-state index in [1.807, 2.05) is 6.92 Å². The van der Waals surface area contributed by atoms with Crippen molar-refractivity contribution >= 4 is 11.6 Å². The molecule has 0 radical (unpaired) electrons. The summed E-state index contributed by atoms with van der Waals surface area (Å²) in [4.78, 5) is 8.99. The number of hydrogen-bond donors (Lipinski definition) is 0. The number of hydrogen-bond acceptors (Lipinski definition) is 3. The average molecular weight is 281 g/mol. The Bertz CT molecular complexity index is 473. The van der Waals surface area contributed by atoms with Crippen molar-refractivity contribution in [1.29, 1.82) is 0 Å². The van der Waals surface area contributed by atoms with Gasteiger partial charge in [0.25, 0.3) is 0 Å². The molecule has 104 valence electrons. The van der Waals surface area contributed by atoms with Crippen LogP contribution in [0.2, 0.25) is 5.15 Å². The van der Waals surface area contributed by atoms with Gasteiger partial charge in [-0.15, -0.1) is 0 Å². The molecule has 2 fully saturated rings. The molecule has 0 bridgehead atoms. The molecule has 1 aromatic rings. The van der Waals surface area contributed by atoms with Gasteiger partial charge in [-0.05, 0) is 44.9 Å². The zero-order valence-corrected chi connectivity index (χ0v) is 12.4. The predicted molar refractivity (Wildman–Crippen MR) is 75.8 cm³/mol. The van der Waals surface area contributed by atoms with E-state index in [1.165, 1.54) is 32.1 Å². The fourth-order valence-corrected chi connectivity index (χ4v) is 2.89. The Kier molecular flexibility index (Phi) is 3.66. The predicted octanol–water partition coefficient (Wildman–Crippen LogP) is 4.27. The van der Waals surface area contributed by atoms with Crippen molar-refractivity contribution in [3.8, 4) is 5.88 Å². The topological polar surface area (TPSA) is 35.0 Å². The zero-order valence-electron chi connectivity index (χ0n) is 11.7. The van der Waals surface area contributed by atoms with E-state index in [0.29, 0.717) is 22.9 Å². The van der Waals surface area contributed by atoms with Crippen molar-refractivity contribution in [2.75, 3.05) is 0 Å². The van der Waals surface area contributed by atoms with Crippen LogP contribution in [0.1, 0.15) is 62.8 Å². The SMILES string of the molecule is Cc1c(Cl)nc(C2CC2)nc1OC1CCCCC1C. The van der Waals surface area contributed by atoms with E-state index in [1.54, 1.807) is 0 Å². The lowest BCUT2D eigenvalue weighted by Gasteiger charge is -2.29. The van der Waals surface area contributed by atoms with Crippen molar-refractivity contribution in [2.24, 2.45) is 5.92 Å². The molecule has 3 rings (SSSR count). The Morgan fingerprint density at radius 3 is 2.53 bits per heavy atom. The molecule has 2 atom stereocenters. The van der Waals surface area contributed by atoms with Gasteiger partial charge in [0.2, 0.25) is 5.88 Å². The Morgan fingerprint density at radius 2 is 1.84 bits per heavy atom. The monoisotopic (exact) mass is 280 g/mol. The first-order valence-electron chi connectivity index (χ1n) is 7.36. The minimum absolute atomic E-state index is 0.283. The number of aromatic nitrogens is 2. The molecule has 2 aliphatic rings. The van der Waals surface area contributed by atoms with Crippen LogP contribution in [0.5, 0.6) is 5.88 Å². The first kappa shape index (κ1) is 13.2. The van der Waals surface area contributed by atoms with Crippen LogP contribution in [0.15, 0.2) is 0 Å². The Morgan fingerprint density at radius 1 is 1.11 bits per heavy atom. The van der Waals surface area contributed by atoms with Gasteiger partial charge in [-0.1, -0.05) is 24.9 Å². The van der Waals surface area contributed by atoms with E-state index in [4.69, 9.17) is 16.3 Å². The molecule has 2 unspecified atom stereocenters. The van der Waals surface area contributed by atoms with Gasteiger partial charge >= 0.3 is 0 Å². The lowest BCUT2D eigenvalue weighted by molar-refractivity contribution is 0.0963. The lowest BCUT2D eigenvalue weighted by Crippen LogP contribution is -2.29. The van der Waals surface area contributed by atoms with Gasteiger partial charge in [0, 0.05) is 11.5 Å². The van der Waals surface area contributed by atoms with Gasteiger partial charge in [-0.25, -0.2) is 4.98 Å². The summed E-state index contributed by atoms with van der Waals surface area (Å²) in [7, 11) is 0. The summed E-state index contributed by atoms with van der Waals surface area (Å²) >= 11 is 6.21. The summed E-state index contributed by atoms with van der Waals surface area (Å²) in [5.74, 6) is 2.69. The molecular formula is C15H21ClN2O. The van der Waals surface area contributed by atoms with E-state index in [-0.39, 0.29) is 6.10 Å². The number of ether oxygens (including phenoxy) is 1. The Labute approximate surface area is 119 Å². The molecule has 3 nitrogen and oxygen atoms in total. The molecule has 19 heavy (non-hydrogen) atoms. The van der Waals surface area contributed by atoms with Crippen molar-refractivity contribution in [3.63, 3.8) is 0 Å². The smallest absolute Gasteiger partial charge is 0.221 e. The van der Waals surface area contributed by atoms with Crippen LogP contribution >= 0.6 is 11.6 Å². The third-order valence-corrected chi connectivity index (χ3v) is 4.67. The van der Waals surface area contributed by atoms with Crippen molar-refractivity contribution in [3.05, 3.63) is 16.5 Å². The first-order chi connectivity index (χ1) is 9.15. The van der Waals surface area contributed by atoms with Crippen molar-refractivity contribution in [1.82, 2.24) is 9.97 Å². The Hall–Kier alpha value is -0.830. The van der Waals surface area contributed by atoms with Gasteiger partial charge in [0.1, 0.15) is 17.1 Å². The highest BCUT2D eigenvalue weighted by molar-refractivity contribution is 6.30. The summed E-state index contributed by atoms with van der Waals surface area (Å²) in [6, 6.07) is 0. The molecule has 0 aliphatic heterocycles. The molecule has 0 saturated heterocycles. The van der Waals surface area contributed by atoms with Gasteiger partial charge in [0.15, 0.2) is 0 Å². The van der Waals surface area contributed by atoms with Crippen molar-refractivity contribution < 1.29 is 4.74 Å². The van der Waals surface area contributed by atoms with Gasteiger partial charge in [-0.3, -0.25) is 0 Å². The lowest BCUT2D eigenvalue weighted by atomic mass is 9.88. The fraction of sp³-hybridized carbons (Fsp3) is 0.733. The van der Waals surface area contributed by atoms with E-state index >= 15 is 0 Å². The molecular weight excluding hydrogens is 260 g/mol. The maximum absolute atomic E-state index is 6.21. The van der Waals surface area contributed by atoms with E-state index in [9.17, 15) is 0 Å². The van der Waals surface area contributed by atoms with Crippen LogP contribution in [0.3, 0.4) is 0 Å².